The van der Waals surface area contributed by atoms with Gasteiger partial charge in [0.05, 0.1) is 11.4 Å². The van der Waals surface area contributed by atoms with Crippen molar-refractivity contribution in [3.63, 3.8) is 0 Å². The van der Waals surface area contributed by atoms with Crippen LogP contribution in [0.5, 0.6) is 0 Å². The summed E-state index contributed by atoms with van der Waals surface area (Å²) in [5, 5.41) is 5.23. The van der Waals surface area contributed by atoms with Crippen molar-refractivity contribution < 1.29 is 0 Å². The highest BCUT2D eigenvalue weighted by Gasteiger charge is 2.13. The monoisotopic (exact) mass is 234 g/mol. The molecule has 84 valence electrons. The Morgan fingerprint density at radius 1 is 1.25 bits per heavy atom. The van der Waals surface area contributed by atoms with E-state index in [-0.39, 0.29) is 0 Å². The van der Waals surface area contributed by atoms with Crippen LogP contribution in [0.2, 0.25) is 5.15 Å². The molecule has 2 aromatic rings. The Bertz CT molecular complexity index is 515. The third-order valence-corrected chi connectivity index (χ3v) is 3.21. The summed E-state index contributed by atoms with van der Waals surface area (Å²) >= 11 is 6.34. The van der Waals surface area contributed by atoms with Crippen LogP contribution in [0, 0.1) is 13.8 Å². The van der Waals surface area contributed by atoms with Crippen LogP contribution >= 0.6 is 11.6 Å². The molecule has 2 rings (SSSR count). The third kappa shape index (κ3) is 1.74. The maximum atomic E-state index is 6.34. The van der Waals surface area contributed by atoms with Crippen molar-refractivity contribution in [1.82, 2.24) is 9.78 Å². The van der Waals surface area contributed by atoms with E-state index in [0.29, 0.717) is 0 Å². The van der Waals surface area contributed by atoms with Crippen LogP contribution in [-0.2, 0) is 6.42 Å². The molecule has 1 heterocycles. The summed E-state index contributed by atoms with van der Waals surface area (Å²) in [4.78, 5) is 0. The minimum absolute atomic E-state index is 0.731. The van der Waals surface area contributed by atoms with Gasteiger partial charge in [0.1, 0.15) is 5.15 Å². The first kappa shape index (κ1) is 11.2. The molecular formula is C13H15ClN2. The fourth-order valence-corrected chi connectivity index (χ4v) is 2.29. The van der Waals surface area contributed by atoms with Gasteiger partial charge in [0.2, 0.25) is 0 Å². The molecular weight excluding hydrogens is 220 g/mol. The molecule has 0 unspecified atom stereocenters. The molecule has 2 nitrogen and oxygen atoms in total. The van der Waals surface area contributed by atoms with E-state index < -0.39 is 0 Å². The molecule has 0 aliphatic rings. The van der Waals surface area contributed by atoms with Gasteiger partial charge in [0.15, 0.2) is 0 Å². The first-order valence-corrected chi connectivity index (χ1v) is 5.83. The Kier molecular flexibility index (Phi) is 3.01. The van der Waals surface area contributed by atoms with Gasteiger partial charge in [-0.3, -0.25) is 0 Å². The summed E-state index contributed by atoms with van der Waals surface area (Å²) in [5.41, 5.74) is 4.37. The molecule has 16 heavy (non-hydrogen) atoms. The number of para-hydroxylation sites is 1. The van der Waals surface area contributed by atoms with Crippen LogP contribution in [0.25, 0.3) is 5.69 Å². The standard InChI is InChI=1S/C13H15ClN2/c1-4-11-10(3)15-16(13(11)14)12-8-6-5-7-9(12)2/h5-8H,4H2,1-3H3. The summed E-state index contributed by atoms with van der Waals surface area (Å²) in [6.45, 7) is 6.16. The Balaban J connectivity index is 2.62. The van der Waals surface area contributed by atoms with Crippen molar-refractivity contribution in [1.29, 1.82) is 0 Å². The predicted octanol–water partition coefficient (Wildman–Crippen LogP) is 3.70. The fraction of sp³-hybridized carbons (Fsp3) is 0.308. The number of hydrogen-bond acceptors (Lipinski definition) is 1. The number of nitrogens with zero attached hydrogens (tertiary/aromatic N) is 2. The Morgan fingerprint density at radius 3 is 2.50 bits per heavy atom. The van der Waals surface area contributed by atoms with Crippen LogP contribution in [0.3, 0.4) is 0 Å². The molecule has 0 amide bonds. The lowest BCUT2D eigenvalue weighted by atomic mass is 10.2. The Hall–Kier alpha value is -1.28. The average Bonchev–Trinajstić information content (AvgIpc) is 2.55. The van der Waals surface area contributed by atoms with E-state index in [9.17, 15) is 0 Å². The second-order valence-corrected chi connectivity index (χ2v) is 4.26. The van der Waals surface area contributed by atoms with Gasteiger partial charge in [0, 0.05) is 5.56 Å². The number of halogens is 1. The van der Waals surface area contributed by atoms with Crippen LogP contribution in [0.1, 0.15) is 23.7 Å². The number of aryl methyl sites for hydroxylation is 2. The second kappa shape index (κ2) is 4.30. The highest BCUT2D eigenvalue weighted by atomic mass is 35.5. The third-order valence-electron chi connectivity index (χ3n) is 2.82. The molecule has 3 heteroatoms. The molecule has 0 N–H and O–H groups in total. The SMILES string of the molecule is CCc1c(C)nn(-c2ccccc2C)c1Cl. The van der Waals surface area contributed by atoms with E-state index in [4.69, 9.17) is 11.6 Å². The molecule has 0 saturated carbocycles. The van der Waals surface area contributed by atoms with Gasteiger partial charge in [-0.1, -0.05) is 36.7 Å². The molecule has 0 spiro atoms. The minimum Gasteiger partial charge on any atom is -0.221 e. The summed E-state index contributed by atoms with van der Waals surface area (Å²) in [5.74, 6) is 0. The molecule has 0 atom stereocenters. The van der Waals surface area contributed by atoms with Gasteiger partial charge in [-0.15, -0.1) is 0 Å². The highest BCUT2D eigenvalue weighted by molar-refractivity contribution is 6.30. The minimum atomic E-state index is 0.731. The Labute approximate surface area is 101 Å². The van der Waals surface area contributed by atoms with Crippen molar-refractivity contribution in [3.05, 3.63) is 46.2 Å². The maximum Gasteiger partial charge on any atom is 0.136 e. The van der Waals surface area contributed by atoms with Gasteiger partial charge in [-0.05, 0) is 31.9 Å². The fourth-order valence-electron chi connectivity index (χ4n) is 1.89. The highest BCUT2D eigenvalue weighted by Crippen LogP contribution is 2.25. The molecule has 0 aliphatic carbocycles. The molecule has 0 radical (unpaired) electrons. The first-order chi connectivity index (χ1) is 7.65. The summed E-state index contributed by atoms with van der Waals surface area (Å²) in [7, 11) is 0. The molecule has 0 bridgehead atoms. The average molecular weight is 235 g/mol. The first-order valence-electron chi connectivity index (χ1n) is 5.45. The zero-order valence-corrected chi connectivity index (χ0v) is 10.5. The molecule has 1 aromatic carbocycles. The number of benzene rings is 1. The van der Waals surface area contributed by atoms with Gasteiger partial charge in [0.25, 0.3) is 0 Å². The lowest BCUT2D eigenvalue weighted by Crippen LogP contribution is -1.99. The summed E-state index contributed by atoms with van der Waals surface area (Å²) in [6.07, 6.45) is 0.913. The van der Waals surface area contributed by atoms with Crippen LogP contribution in [0.4, 0.5) is 0 Å². The van der Waals surface area contributed by atoms with E-state index in [1.807, 2.05) is 29.8 Å². The zero-order chi connectivity index (χ0) is 11.7. The lowest BCUT2D eigenvalue weighted by molar-refractivity contribution is 0.856. The van der Waals surface area contributed by atoms with Crippen LogP contribution in [-0.4, -0.2) is 9.78 Å². The molecule has 1 aromatic heterocycles. The lowest BCUT2D eigenvalue weighted by Gasteiger charge is -2.06. The van der Waals surface area contributed by atoms with E-state index in [1.54, 1.807) is 0 Å². The maximum absolute atomic E-state index is 6.34. The van der Waals surface area contributed by atoms with Gasteiger partial charge < -0.3 is 0 Å². The van der Waals surface area contributed by atoms with Gasteiger partial charge in [-0.2, -0.15) is 5.10 Å². The molecule has 0 saturated heterocycles. The normalized spacial score (nSPS) is 10.8. The molecule has 0 fully saturated rings. The van der Waals surface area contributed by atoms with Crippen LogP contribution in [0.15, 0.2) is 24.3 Å². The number of rotatable bonds is 2. The van der Waals surface area contributed by atoms with Crippen molar-refractivity contribution in [2.75, 3.05) is 0 Å². The molecule has 0 aliphatic heterocycles. The summed E-state index contributed by atoms with van der Waals surface area (Å²) in [6, 6.07) is 8.12. The number of aromatic nitrogens is 2. The van der Waals surface area contributed by atoms with Gasteiger partial charge in [-0.25, -0.2) is 4.68 Å². The van der Waals surface area contributed by atoms with Crippen molar-refractivity contribution in [3.8, 4) is 5.69 Å². The van der Waals surface area contributed by atoms with Crippen LogP contribution < -0.4 is 0 Å². The largest absolute Gasteiger partial charge is 0.221 e. The van der Waals surface area contributed by atoms with Crippen molar-refractivity contribution in [2.24, 2.45) is 0 Å². The Morgan fingerprint density at radius 2 is 1.94 bits per heavy atom. The predicted molar refractivity (Wildman–Crippen MR) is 67.4 cm³/mol. The van der Waals surface area contributed by atoms with Crippen molar-refractivity contribution in [2.45, 2.75) is 27.2 Å². The number of hydrogen-bond donors (Lipinski definition) is 0. The van der Waals surface area contributed by atoms with Gasteiger partial charge >= 0.3 is 0 Å². The smallest absolute Gasteiger partial charge is 0.136 e. The van der Waals surface area contributed by atoms with E-state index in [2.05, 4.69) is 25.0 Å². The quantitative estimate of drug-likeness (QED) is 0.775. The zero-order valence-electron chi connectivity index (χ0n) is 9.79. The van der Waals surface area contributed by atoms with E-state index in [1.165, 1.54) is 5.56 Å². The summed E-state index contributed by atoms with van der Waals surface area (Å²) < 4.78 is 1.82. The topological polar surface area (TPSA) is 17.8 Å². The van der Waals surface area contributed by atoms with E-state index in [0.717, 1.165) is 28.5 Å². The van der Waals surface area contributed by atoms with Crippen molar-refractivity contribution >= 4 is 11.6 Å². The van der Waals surface area contributed by atoms with E-state index >= 15 is 0 Å². The second-order valence-electron chi connectivity index (χ2n) is 3.91.